The summed E-state index contributed by atoms with van der Waals surface area (Å²) in [6, 6.07) is 10.4. The van der Waals surface area contributed by atoms with Gasteiger partial charge in [-0.2, -0.15) is 0 Å². The maximum Gasteiger partial charge on any atom is 0.263 e. The molecule has 29 heavy (non-hydrogen) atoms. The van der Waals surface area contributed by atoms with E-state index in [4.69, 9.17) is 33.8 Å². The van der Waals surface area contributed by atoms with E-state index in [1.54, 1.807) is 18.2 Å². The average molecular weight is 435 g/mol. The first-order valence-electron chi connectivity index (χ1n) is 9.65. The second kappa shape index (κ2) is 8.50. The minimum Gasteiger partial charge on any atom is -0.493 e. The van der Waals surface area contributed by atoms with Gasteiger partial charge in [0.05, 0.1) is 12.3 Å². The number of hydrogen-bond acceptors (Lipinski definition) is 5. The van der Waals surface area contributed by atoms with E-state index in [1.807, 2.05) is 12.1 Å². The first kappa shape index (κ1) is 20.4. The van der Waals surface area contributed by atoms with E-state index in [0.29, 0.717) is 22.3 Å². The Labute approximate surface area is 180 Å². The Kier molecular flexibility index (Phi) is 5.99. The molecule has 0 radical (unpaired) electrons. The summed E-state index contributed by atoms with van der Waals surface area (Å²) >= 11 is 12.2. The first-order chi connectivity index (χ1) is 13.9. The number of rotatable bonds is 4. The number of halogens is 2. The lowest BCUT2D eigenvalue weighted by Crippen LogP contribution is -2.52. The van der Waals surface area contributed by atoms with Gasteiger partial charge in [-0.1, -0.05) is 29.3 Å². The molecule has 1 amide bonds. The largest absolute Gasteiger partial charge is 0.493 e. The number of nitrogens with zero attached hydrogens (tertiary/aromatic N) is 3. The van der Waals surface area contributed by atoms with Crippen LogP contribution < -0.4 is 15.6 Å². The van der Waals surface area contributed by atoms with E-state index in [-0.39, 0.29) is 5.91 Å². The van der Waals surface area contributed by atoms with Gasteiger partial charge in [0.25, 0.3) is 5.91 Å². The fraction of sp³-hybridized carbons (Fsp3) is 0.381. The zero-order valence-corrected chi connectivity index (χ0v) is 17.8. The summed E-state index contributed by atoms with van der Waals surface area (Å²) in [6.45, 7) is 4.03. The van der Waals surface area contributed by atoms with Gasteiger partial charge >= 0.3 is 0 Å². The first-order valence-corrected chi connectivity index (χ1v) is 10.4. The molecule has 1 unspecified atom stereocenters. The predicted octanol–water partition coefficient (Wildman–Crippen LogP) is 3.12. The van der Waals surface area contributed by atoms with Gasteiger partial charge < -0.3 is 9.64 Å². The van der Waals surface area contributed by atoms with Gasteiger partial charge in [-0.25, -0.2) is 10.9 Å². The molecule has 2 aliphatic heterocycles. The van der Waals surface area contributed by atoms with Gasteiger partial charge in [0.1, 0.15) is 11.8 Å². The Balaban J connectivity index is 1.68. The predicted molar refractivity (Wildman–Crippen MR) is 116 cm³/mol. The number of nitrogens with two attached hydrogens (primary N) is 1. The topological polar surface area (TPSA) is 62.0 Å². The molecule has 2 N–H and O–H groups in total. The summed E-state index contributed by atoms with van der Waals surface area (Å²) in [5, 5.41) is 2.02. The van der Waals surface area contributed by atoms with Crippen molar-refractivity contribution in [2.75, 3.05) is 44.8 Å². The standard InChI is InChI=1S/C21H24Cl2N4O2/c1-25-5-7-26(8-6-25)20(15-2-3-19-14(10-15)4-9-29-19)21(28)27(24)18-12-16(22)11-17(23)13-18/h2-3,10-13,20H,4-9,24H2,1H3. The Morgan fingerprint density at radius 3 is 2.48 bits per heavy atom. The Morgan fingerprint density at radius 2 is 1.79 bits per heavy atom. The van der Waals surface area contributed by atoms with Crippen LogP contribution in [0.5, 0.6) is 5.75 Å². The van der Waals surface area contributed by atoms with E-state index in [0.717, 1.165) is 54.5 Å². The fourth-order valence-electron chi connectivity index (χ4n) is 3.90. The van der Waals surface area contributed by atoms with Crippen molar-refractivity contribution in [3.8, 4) is 5.75 Å². The molecular weight excluding hydrogens is 411 g/mol. The highest BCUT2D eigenvalue weighted by Crippen LogP contribution is 2.33. The van der Waals surface area contributed by atoms with Gasteiger partial charge in [0.15, 0.2) is 0 Å². The van der Waals surface area contributed by atoms with Crippen molar-refractivity contribution in [1.82, 2.24) is 9.80 Å². The average Bonchev–Trinajstić information content (AvgIpc) is 3.16. The van der Waals surface area contributed by atoms with E-state index in [9.17, 15) is 4.79 Å². The van der Waals surface area contributed by atoms with Crippen molar-refractivity contribution >= 4 is 34.8 Å². The lowest BCUT2D eigenvalue weighted by atomic mass is 9.99. The van der Waals surface area contributed by atoms with Crippen LogP contribution in [0.15, 0.2) is 36.4 Å². The number of fused-ring (bicyclic) bond motifs is 1. The number of likely N-dealkylation sites (N-methyl/N-ethyl adjacent to an activating group) is 1. The van der Waals surface area contributed by atoms with Crippen LogP contribution in [0.3, 0.4) is 0 Å². The summed E-state index contributed by atoms with van der Waals surface area (Å²) in [6.07, 6.45) is 0.850. The molecule has 2 aromatic rings. The molecule has 2 aliphatic rings. The lowest BCUT2D eigenvalue weighted by Gasteiger charge is -2.38. The molecule has 1 saturated heterocycles. The van der Waals surface area contributed by atoms with Gasteiger partial charge in [-0.3, -0.25) is 9.69 Å². The lowest BCUT2D eigenvalue weighted by molar-refractivity contribution is -0.124. The normalized spacial score (nSPS) is 18.2. The van der Waals surface area contributed by atoms with Gasteiger partial charge in [0.2, 0.25) is 0 Å². The highest BCUT2D eigenvalue weighted by atomic mass is 35.5. The number of anilines is 1. The fourth-order valence-corrected chi connectivity index (χ4v) is 4.42. The molecule has 4 rings (SSSR count). The molecule has 2 aromatic carbocycles. The molecule has 0 bridgehead atoms. The number of carbonyl (C=O) groups excluding carboxylic acids is 1. The monoisotopic (exact) mass is 434 g/mol. The summed E-state index contributed by atoms with van der Waals surface area (Å²) in [5.74, 6) is 6.94. The van der Waals surface area contributed by atoms with Crippen LogP contribution in [0.1, 0.15) is 17.2 Å². The second-order valence-electron chi connectivity index (χ2n) is 7.54. The summed E-state index contributed by atoms with van der Waals surface area (Å²) < 4.78 is 5.63. The number of hydrogen-bond donors (Lipinski definition) is 1. The van der Waals surface area contributed by atoms with Crippen LogP contribution in [0.4, 0.5) is 5.69 Å². The van der Waals surface area contributed by atoms with E-state index in [2.05, 4.69) is 22.9 Å². The molecule has 154 valence electrons. The van der Waals surface area contributed by atoms with Crippen molar-refractivity contribution < 1.29 is 9.53 Å². The molecule has 1 fully saturated rings. The van der Waals surface area contributed by atoms with E-state index < -0.39 is 6.04 Å². The summed E-state index contributed by atoms with van der Waals surface area (Å²) in [7, 11) is 2.09. The van der Waals surface area contributed by atoms with Gasteiger partial charge in [-0.05, 0) is 48.5 Å². The molecule has 1 atom stereocenters. The highest BCUT2D eigenvalue weighted by Gasteiger charge is 2.33. The van der Waals surface area contributed by atoms with E-state index >= 15 is 0 Å². The van der Waals surface area contributed by atoms with Crippen LogP contribution in [0.25, 0.3) is 0 Å². The van der Waals surface area contributed by atoms with E-state index in [1.165, 1.54) is 0 Å². The van der Waals surface area contributed by atoms with Crippen LogP contribution in [-0.4, -0.2) is 55.5 Å². The quantitative estimate of drug-likeness (QED) is 0.454. The van der Waals surface area contributed by atoms with Crippen LogP contribution >= 0.6 is 23.2 Å². The minimum atomic E-state index is -0.489. The number of benzene rings is 2. The third-order valence-corrected chi connectivity index (χ3v) is 5.97. The highest BCUT2D eigenvalue weighted by molar-refractivity contribution is 6.35. The number of piperazine rings is 1. The van der Waals surface area contributed by atoms with Crippen molar-refractivity contribution in [1.29, 1.82) is 0 Å². The zero-order valence-electron chi connectivity index (χ0n) is 16.3. The Bertz CT molecular complexity index is 895. The molecule has 0 spiro atoms. The van der Waals surface area contributed by atoms with Crippen LogP contribution in [0, 0.1) is 0 Å². The van der Waals surface area contributed by atoms with Crippen molar-refractivity contribution in [3.05, 3.63) is 57.6 Å². The second-order valence-corrected chi connectivity index (χ2v) is 8.42. The van der Waals surface area contributed by atoms with Crippen LogP contribution in [-0.2, 0) is 11.2 Å². The molecule has 0 saturated carbocycles. The summed E-state index contributed by atoms with van der Waals surface area (Å²) in [4.78, 5) is 18.0. The number of amides is 1. The van der Waals surface area contributed by atoms with Gasteiger partial charge in [-0.15, -0.1) is 0 Å². The van der Waals surface area contributed by atoms with Crippen molar-refractivity contribution in [3.63, 3.8) is 0 Å². The SMILES string of the molecule is CN1CCN(C(C(=O)N(N)c2cc(Cl)cc(Cl)c2)c2ccc3c(c2)CCO3)CC1. The zero-order chi connectivity index (χ0) is 20.5. The maximum absolute atomic E-state index is 13.6. The van der Waals surface area contributed by atoms with Crippen molar-refractivity contribution in [2.45, 2.75) is 12.5 Å². The number of carbonyl (C=O) groups is 1. The Morgan fingerprint density at radius 1 is 1.10 bits per heavy atom. The molecule has 6 nitrogen and oxygen atoms in total. The third kappa shape index (κ3) is 4.37. The maximum atomic E-state index is 13.6. The van der Waals surface area contributed by atoms with Gasteiger partial charge in [0, 0.05) is 42.6 Å². The number of ether oxygens (including phenoxy) is 1. The summed E-state index contributed by atoms with van der Waals surface area (Å²) in [5.41, 5.74) is 2.52. The molecule has 0 aliphatic carbocycles. The molecular formula is C21H24Cl2N4O2. The molecule has 0 aromatic heterocycles. The molecule has 2 heterocycles. The van der Waals surface area contributed by atoms with Crippen molar-refractivity contribution in [2.24, 2.45) is 5.84 Å². The minimum absolute atomic E-state index is 0.216. The Hall–Kier alpha value is -1.83. The molecule has 8 heteroatoms. The van der Waals surface area contributed by atoms with Crippen LogP contribution in [0.2, 0.25) is 10.0 Å². The number of hydrazine groups is 1. The third-order valence-electron chi connectivity index (χ3n) is 5.53. The smallest absolute Gasteiger partial charge is 0.263 e.